The predicted molar refractivity (Wildman–Crippen MR) is 74.5 cm³/mol. The summed E-state index contributed by atoms with van der Waals surface area (Å²) in [4.78, 5) is 27.8. The number of carboxylic acids is 1. The third kappa shape index (κ3) is 2.54. The molecule has 3 heterocycles. The van der Waals surface area contributed by atoms with E-state index in [1.807, 2.05) is 0 Å². The first-order chi connectivity index (χ1) is 10.1. The van der Waals surface area contributed by atoms with Crippen LogP contribution in [0.4, 0.5) is 11.5 Å². The summed E-state index contributed by atoms with van der Waals surface area (Å²) in [6.07, 6.45) is 3.08. The van der Waals surface area contributed by atoms with Crippen LogP contribution < -0.4 is 5.32 Å². The van der Waals surface area contributed by atoms with Crippen molar-refractivity contribution >= 4 is 17.5 Å². The molecule has 0 aromatic carbocycles. The molecule has 1 aromatic heterocycles. The Balaban J connectivity index is 1.87. The van der Waals surface area contributed by atoms with Crippen molar-refractivity contribution in [1.82, 2.24) is 9.88 Å². The highest BCUT2D eigenvalue weighted by molar-refractivity contribution is 5.86. The van der Waals surface area contributed by atoms with Crippen molar-refractivity contribution < 1.29 is 14.8 Å². The van der Waals surface area contributed by atoms with Crippen molar-refractivity contribution in [3.05, 3.63) is 27.9 Å². The lowest BCUT2D eigenvalue weighted by Gasteiger charge is -2.21. The molecule has 2 aliphatic rings. The fourth-order valence-corrected chi connectivity index (χ4v) is 3.25. The van der Waals surface area contributed by atoms with E-state index in [4.69, 9.17) is 5.11 Å². The predicted octanol–water partition coefficient (Wildman–Crippen LogP) is 1.34. The molecule has 3 rings (SSSR count). The average molecular weight is 292 g/mol. The van der Waals surface area contributed by atoms with Crippen LogP contribution in [0, 0.1) is 10.1 Å². The zero-order valence-corrected chi connectivity index (χ0v) is 11.4. The van der Waals surface area contributed by atoms with Gasteiger partial charge in [0.2, 0.25) is 5.82 Å². The van der Waals surface area contributed by atoms with Crippen LogP contribution in [0.2, 0.25) is 0 Å². The molecule has 8 nitrogen and oxygen atoms in total. The van der Waals surface area contributed by atoms with Gasteiger partial charge in [-0.1, -0.05) is 0 Å². The monoisotopic (exact) mass is 292 g/mol. The highest BCUT2D eigenvalue weighted by atomic mass is 16.6. The van der Waals surface area contributed by atoms with Gasteiger partial charge in [0.05, 0.1) is 4.92 Å². The van der Waals surface area contributed by atoms with Crippen LogP contribution in [0.3, 0.4) is 0 Å². The van der Waals surface area contributed by atoms with Gasteiger partial charge < -0.3 is 10.4 Å². The number of nitrogens with one attached hydrogen (secondary N) is 1. The summed E-state index contributed by atoms with van der Waals surface area (Å²) >= 11 is 0. The summed E-state index contributed by atoms with van der Waals surface area (Å²) in [6, 6.07) is 2.80. The largest absolute Gasteiger partial charge is 0.477 e. The van der Waals surface area contributed by atoms with Gasteiger partial charge in [-0.25, -0.2) is 9.78 Å². The van der Waals surface area contributed by atoms with Gasteiger partial charge in [0, 0.05) is 24.7 Å². The number of carboxylic acid groups (broad SMARTS) is 1. The number of pyridine rings is 1. The van der Waals surface area contributed by atoms with E-state index in [-0.39, 0.29) is 23.2 Å². The van der Waals surface area contributed by atoms with Crippen molar-refractivity contribution in [2.24, 2.45) is 0 Å². The van der Waals surface area contributed by atoms with Crippen LogP contribution in [0.1, 0.15) is 29.8 Å². The molecule has 1 aromatic rings. The number of rotatable bonds is 4. The van der Waals surface area contributed by atoms with Crippen molar-refractivity contribution in [1.29, 1.82) is 0 Å². The molecule has 2 fully saturated rings. The Morgan fingerprint density at radius 1 is 1.43 bits per heavy atom. The molecule has 0 bridgehead atoms. The lowest BCUT2D eigenvalue weighted by molar-refractivity contribution is -0.384. The third-order valence-electron chi connectivity index (χ3n) is 4.22. The van der Waals surface area contributed by atoms with Gasteiger partial charge in [0.25, 0.3) is 0 Å². The Morgan fingerprint density at radius 3 is 2.95 bits per heavy atom. The fourth-order valence-electron chi connectivity index (χ4n) is 3.25. The number of anilines is 1. The van der Waals surface area contributed by atoms with Crippen molar-refractivity contribution in [2.75, 3.05) is 18.4 Å². The van der Waals surface area contributed by atoms with Gasteiger partial charge in [0.1, 0.15) is 0 Å². The smallest absolute Gasteiger partial charge is 0.354 e. The molecule has 21 heavy (non-hydrogen) atoms. The van der Waals surface area contributed by atoms with Gasteiger partial charge >= 0.3 is 11.7 Å². The highest BCUT2D eigenvalue weighted by Gasteiger charge is 2.38. The number of hydrogen-bond acceptors (Lipinski definition) is 6. The number of nitro groups is 1. The van der Waals surface area contributed by atoms with Crippen molar-refractivity contribution in [3.8, 4) is 0 Å². The van der Waals surface area contributed by atoms with E-state index in [2.05, 4.69) is 15.2 Å². The number of carbonyl (C=O) groups is 1. The number of aromatic carboxylic acids is 1. The van der Waals surface area contributed by atoms with E-state index in [1.165, 1.54) is 6.07 Å². The molecule has 8 heteroatoms. The zero-order chi connectivity index (χ0) is 15.0. The van der Waals surface area contributed by atoms with E-state index in [0.717, 1.165) is 38.4 Å². The number of hydrogen-bond donors (Lipinski definition) is 2. The molecule has 2 N–H and O–H groups in total. The Bertz CT molecular complexity index is 592. The first-order valence-electron chi connectivity index (χ1n) is 6.95. The van der Waals surface area contributed by atoms with Crippen LogP contribution >= 0.6 is 0 Å². The average Bonchev–Trinajstić information content (AvgIpc) is 3.03. The molecule has 0 amide bonds. The summed E-state index contributed by atoms with van der Waals surface area (Å²) in [7, 11) is 0. The van der Waals surface area contributed by atoms with Gasteiger partial charge in [0.15, 0.2) is 5.69 Å². The summed E-state index contributed by atoms with van der Waals surface area (Å²) in [6.45, 7) is 2.03. The van der Waals surface area contributed by atoms with Gasteiger partial charge in [-0.05, 0) is 31.9 Å². The minimum Gasteiger partial charge on any atom is -0.477 e. The number of aromatic nitrogens is 1. The SMILES string of the molecule is O=C(O)c1ccc([N+](=O)[O-])c(NC2CCN3CCCC23)n1. The van der Waals surface area contributed by atoms with Crippen LogP contribution in [0.5, 0.6) is 0 Å². The van der Waals surface area contributed by atoms with Gasteiger partial charge in [-0.2, -0.15) is 0 Å². The Labute approximate surface area is 120 Å². The molecule has 2 aliphatic heterocycles. The minimum absolute atomic E-state index is 0.0543. The Morgan fingerprint density at radius 2 is 2.24 bits per heavy atom. The molecule has 0 aliphatic carbocycles. The Hall–Kier alpha value is -2.22. The second-order valence-electron chi connectivity index (χ2n) is 5.41. The van der Waals surface area contributed by atoms with Crippen LogP contribution in [0.15, 0.2) is 12.1 Å². The minimum atomic E-state index is -1.19. The Kier molecular flexibility index (Phi) is 3.46. The molecular weight excluding hydrogens is 276 g/mol. The van der Waals surface area contributed by atoms with Crippen LogP contribution in [-0.2, 0) is 0 Å². The molecule has 112 valence electrons. The second-order valence-corrected chi connectivity index (χ2v) is 5.41. The maximum absolute atomic E-state index is 11.1. The zero-order valence-electron chi connectivity index (χ0n) is 11.4. The maximum atomic E-state index is 11.1. The molecule has 0 radical (unpaired) electrons. The maximum Gasteiger partial charge on any atom is 0.354 e. The quantitative estimate of drug-likeness (QED) is 0.636. The summed E-state index contributed by atoms with van der Waals surface area (Å²) < 4.78 is 0. The lowest BCUT2D eigenvalue weighted by atomic mass is 10.1. The van der Waals surface area contributed by atoms with E-state index in [9.17, 15) is 14.9 Å². The highest BCUT2D eigenvalue weighted by Crippen LogP contribution is 2.32. The second kappa shape index (κ2) is 5.28. The number of nitrogens with zero attached hydrogens (tertiary/aromatic N) is 3. The molecule has 2 atom stereocenters. The van der Waals surface area contributed by atoms with Crippen molar-refractivity contribution in [3.63, 3.8) is 0 Å². The van der Waals surface area contributed by atoms with Crippen molar-refractivity contribution in [2.45, 2.75) is 31.3 Å². The molecular formula is C13H16N4O4. The molecule has 0 spiro atoms. The standard InChI is InChI=1S/C13H16N4O4/c18-13(19)9-3-4-11(17(20)21)12(15-9)14-8-5-7-16-6-1-2-10(8)16/h3-4,8,10H,1-2,5-7H2,(H,14,15)(H,18,19). The topological polar surface area (TPSA) is 109 Å². The lowest BCUT2D eigenvalue weighted by Crippen LogP contribution is -2.34. The van der Waals surface area contributed by atoms with E-state index in [1.54, 1.807) is 0 Å². The third-order valence-corrected chi connectivity index (χ3v) is 4.22. The van der Waals surface area contributed by atoms with E-state index >= 15 is 0 Å². The molecule has 0 saturated carbocycles. The number of fused-ring (bicyclic) bond motifs is 1. The van der Waals surface area contributed by atoms with Crippen LogP contribution in [0.25, 0.3) is 0 Å². The van der Waals surface area contributed by atoms with E-state index in [0.29, 0.717) is 6.04 Å². The van der Waals surface area contributed by atoms with Gasteiger partial charge in [-0.15, -0.1) is 0 Å². The summed E-state index contributed by atoms with van der Waals surface area (Å²) in [5.41, 5.74) is -0.374. The summed E-state index contributed by atoms with van der Waals surface area (Å²) in [5, 5.41) is 23.2. The van der Waals surface area contributed by atoms with Gasteiger partial charge in [-0.3, -0.25) is 15.0 Å². The fraction of sp³-hybridized carbons (Fsp3) is 0.538. The molecule has 2 saturated heterocycles. The first kappa shape index (κ1) is 13.7. The normalized spacial score (nSPS) is 24.8. The summed E-state index contributed by atoms with van der Waals surface area (Å²) in [5.74, 6) is -1.14. The van der Waals surface area contributed by atoms with E-state index < -0.39 is 10.9 Å². The molecule has 2 unspecified atom stereocenters. The van der Waals surface area contributed by atoms with Crippen LogP contribution in [-0.4, -0.2) is 51.1 Å². The first-order valence-corrected chi connectivity index (χ1v) is 6.95.